The van der Waals surface area contributed by atoms with Gasteiger partial charge in [-0.1, -0.05) is 39.3 Å². The summed E-state index contributed by atoms with van der Waals surface area (Å²) in [6, 6.07) is 8.28. The first-order valence-electron chi connectivity index (χ1n) is 15.3. The highest BCUT2D eigenvalue weighted by Crippen LogP contribution is 2.30. The highest BCUT2D eigenvalue weighted by atomic mass is 35.5. The van der Waals surface area contributed by atoms with Gasteiger partial charge in [0.15, 0.2) is 0 Å². The van der Waals surface area contributed by atoms with Crippen LogP contribution in [-0.2, 0) is 38.7 Å². The number of carbonyl (C=O) groups is 6. The first kappa shape index (κ1) is 38.7. The maximum atomic E-state index is 13.4. The van der Waals surface area contributed by atoms with E-state index in [1.54, 1.807) is 32.6 Å². The zero-order chi connectivity index (χ0) is 36.6. The summed E-state index contributed by atoms with van der Waals surface area (Å²) >= 11 is 5.80. The third-order valence-electron chi connectivity index (χ3n) is 7.50. The number of allylic oxidation sites excluding steroid dienone is 1. The normalized spacial score (nSPS) is 15.6. The number of ether oxygens (including phenoxy) is 2. The SMILES string of the molecule is COC(=O)/C(OC(C)=O)=C(/C(C)C)N1CCC[C@H]1C(=O)NC(=O)[C@@H](NC(=O)c1ccc(C(=O)NS(=O)(=O)c2ccc(Cl)cc2)cc1)C(C)C. The van der Waals surface area contributed by atoms with Gasteiger partial charge in [-0.3, -0.25) is 29.3 Å². The van der Waals surface area contributed by atoms with Crippen molar-refractivity contribution in [1.82, 2.24) is 20.3 Å². The van der Waals surface area contributed by atoms with Crippen LogP contribution in [0.15, 0.2) is 64.9 Å². The summed E-state index contributed by atoms with van der Waals surface area (Å²) in [5.41, 5.74) is 0.301. The molecule has 3 N–H and O–H groups in total. The van der Waals surface area contributed by atoms with Crippen LogP contribution in [0.2, 0.25) is 5.02 Å². The Kier molecular flexibility index (Phi) is 13.1. The standard InChI is InChI=1S/C33H39ClN4O10S/c1-18(2)26(32(43)36-31(42)25-8-7-17-38(25)27(19(3)4)28(33(44)47-6)48-20(5)39)35-29(40)21-9-11-22(12-10-21)30(41)37-49(45,46)24-15-13-23(34)14-16-24/h9-16,18-19,25-26H,7-8,17H2,1-6H3,(H,35,40)(H,37,41)(H,36,42,43)/b28-27+/t25-,26-/m0/s1. The number of halogens is 1. The predicted octanol–water partition coefficient (Wildman–Crippen LogP) is 2.92. The molecule has 0 saturated carbocycles. The van der Waals surface area contributed by atoms with Gasteiger partial charge in [-0.25, -0.2) is 17.9 Å². The highest BCUT2D eigenvalue weighted by molar-refractivity contribution is 7.90. The Morgan fingerprint density at radius 3 is 1.98 bits per heavy atom. The van der Waals surface area contributed by atoms with Gasteiger partial charge in [0.25, 0.3) is 21.8 Å². The van der Waals surface area contributed by atoms with E-state index in [0.29, 0.717) is 24.4 Å². The summed E-state index contributed by atoms with van der Waals surface area (Å²) in [4.78, 5) is 78.3. The van der Waals surface area contributed by atoms with E-state index in [-0.39, 0.29) is 33.4 Å². The fraction of sp³-hybridized carbons (Fsp3) is 0.394. The number of carbonyl (C=O) groups excluding carboxylic acids is 6. The number of rotatable bonds is 12. The molecule has 2 atom stereocenters. The smallest absolute Gasteiger partial charge is 0.375 e. The third-order valence-corrected chi connectivity index (χ3v) is 9.10. The van der Waals surface area contributed by atoms with E-state index in [2.05, 4.69) is 10.6 Å². The van der Waals surface area contributed by atoms with Crippen molar-refractivity contribution in [2.24, 2.45) is 11.8 Å². The van der Waals surface area contributed by atoms with E-state index in [4.69, 9.17) is 21.1 Å². The largest absolute Gasteiger partial charge is 0.463 e. The topological polar surface area (TPSA) is 194 Å². The summed E-state index contributed by atoms with van der Waals surface area (Å²) in [5, 5.41) is 5.30. The van der Waals surface area contributed by atoms with Crippen molar-refractivity contribution in [3.63, 3.8) is 0 Å². The first-order chi connectivity index (χ1) is 23.0. The second-order valence-corrected chi connectivity index (χ2v) is 13.9. The number of nitrogens with zero attached hydrogens (tertiary/aromatic N) is 1. The highest BCUT2D eigenvalue weighted by Gasteiger charge is 2.38. The number of amides is 4. The average Bonchev–Trinajstić information content (AvgIpc) is 3.51. The number of imide groups is 1. The van der Waals surface area contributed by atoms with Gasteiger partial charge in [0.05, 0.1) is 17.7 Å². The van der Waals surface area contributed by atoms with Crippen LogP contribution >= 0.6 is 11.6 Å². The first-order valence-corrected chi connectivity index (χ1v) is 17.2. The minimum atomic E-state index is -4.18. The van der Waals surface area contributed by atoms with Gasteiger partial charge in [-0.05, 0) is 73.2 Å². The Hall–Kier alpha value is -4.76. The number of hydrogen-bond donors (Lipinski definition) is 3. The van der Waals surface area contributed by atoms with Gasteiger partial charge in [-0.2, -0.15) is 0 Å². The van der Waals surface area contributed by atoms with E-state index in [9.17, 15) is 37.2 Å². The van der Waals surface area contributed by atoms with Gasteiger partial charge >= 0.3 is 11.9 Å². The van der Waals surface area contributed by atoms with Gasteiger partial charge in [-0.15, -0.1) is 0 Å². The second-order valence-electron chi connectivity index (χ2n) is 11.8. The molecule has 1 aliphatic rings. The molecule has 0 spiro atoms. The fourth-order valence-electron chi connectivity index (χ4n) is 5.16. The number of methoxy groups -OCH3 is 1. The quantitative estimate of drug-likeness (QED) is 0.166. The van der Waals surface area contributed by atoms with E-state index in [1.807, 2.05) is 4.72 Å². The summed E-state index contributed by atoms with van der Waals surface area (Å²) in [6.45, 7) is 8.34. The third kappa shape index (κ3) is 9.89. The Labute approximate surface area is 289 Å². The Morgan fingerprint density at radius 2 is 1.47 bits per heavy atom. The van der Waals surface area contributed by atoms with Crippen molar-refractivity contribution >= 4 is 57.2 Å². The molecular weight excluding hydrogens is 680 g/mol. The molecule has 0 aliphatic carbocycles. The van der Waals surface area contributed by atoms with Crippen molar-refractivity contribution in [3.05, 3.63) is 76.1 Å². The van der Waals surface area contributed by atoms with Crippen molar-refractivity contribution in [1.29, 1.82) is 0 Å². The van der Waals surface area contributed by atoms with Crippen molar-refractivity contribution in [3.8, 4) is 0 Å². The number of esters is 2. The molecule has 0 bridgehead atoms. The van der Waals surface area contributed by atoms with E-state index < -0.39 is 63.6 Å². The molecule has 1 heterocycles. The van der Waals surface area contributed by atoms with Crippen LogP contribution in [0, 0.1) is 11.8 Å². The van der Waals surface area contributed by atoms with Crippen LogP contribution in [-0.4, -0.2) is 74.6 Å². The maximum absolute atomic E-state index is 13.4. The molecule has 49 heavy (non-hydrogen) atoms. The number of hydrogen-bond acceptors (Lipinski definition) is 11. The number of likely N-dealkylation sites (tertiary alicyclic amines) is 1. The molecule has 16 heteroatoms. The maximum Gasteiger partial charge on any atom is 0.375 e. The van der Waals surface area contributed by atoms with Crippen molar-refractivity contribution in [2.75, 3.05) is 13.7 Å². The van der Waals surface area contributed by atoms with Gasteiger partial charge in [0, 0.05) is 29.6 Å². The van der Waals surface area contributed by atoms with E-state index in [0.717, 1.165) is 14.0 Å². The second kappa shape index (κ2) is 16.6. The number of nitrogens with one attached hydrogen (secondary N) is 3. The number of sulfonamides is 1. The molecule has 3 rings (SSSR count). The van der Waals surface area contributed by atoms with Gasteiger partial charge in [0.1, 0.15) is 12.1 Å². The molecular formula is C33H39ClN4O10S. The molecule has 264 valence electrons. The number of benzene rings is 2. The predicted molar refractivity (Wildman–Crippen MR) is 177 cm³/mol. The van der Waals surface area contributed by atoms with Crippen molar-refractivity contribution < 1.29 is 46.7 Å². The van der Waals surface area contributed by atoms with E-state index >= 15 is 0 Å². The molecule has 1 aliphatic heterocycles. The summed E-state index contributed by atoms with van der Waals surface area (Å²) in [6.07, 6.45) is 0.881. The lowest BCUT2D eigenvalue weighted by molar-refractivity contribution is -0.149. The molecule has 1 fully saturated rings. The average molecular weight is 719 g/mol. The minimum Gasteiger partial charge on any atom is -0.463 e. The zero-order valence-corrected chi connectivity index (χ0v) is 29.4. The molecule has 2 aromatic carbocycles. The summed E-state index contributed by atoms with van der Waals surface area (Å²) in [7, 11) is -3.05. The molecule has 4 amide bonds. The molecule has 2 aromatic rings. The monoisotopic (exact) mass is 718 g/mol. The Morgan fingerprint density at radius 1 is 0.898 bits per heavy atom. The summed E-state index contributed by atoms with van der Waals surface area (Å²) < 4.78 is 37.1. The van der Waals surface area contributed by atoms with Crippen LogP contribution in [0.5, 0.6) is 0 Å². The minimum absolute atomic E-state index is 0.0437. The van der Waals surface area contributed by atoms with E-state index in [1.165, 1.54) is 48.5 Å². The molecule has 14 nitrogen and oxygen atoms in total. The van der Waals surface area contributed by atoms with Crippen molar-refractivity contribution in [2.45, 2.75) is 64.4 Å². The van der Waals surface area contributed by atoms with Crippen LogP contribution in [0.3, 0.4) is 0 Å². The van der Waals surface area contributed by atoms with Crippen LogP contribution in [0.25, 0.3) is 0 Å². The zero-order valence-electron chi connectivity index (χ0n) is 27.9. The lowest BCUT2D eigenvalue weighted by atomic mass is 10.0. The van der Waals surface area contributed by atoms with Crippen LogP contribution in [0.4, 0.5) is 0 Å². The van der Waals surface area contributed by atoms with Crippen LogP contribution < -0.4 is 15.4 Å². The lowest BCUT2D eigenvalue weighted by Gasteiger charge is -2.32. The Balaban J connectivity index is 1.72. The fourth-order valence-corrected chi connectivity index (χ4v) is 6.26. The summed E-state index contributed by atoms with van der Waals surface area (Å²) in [5.74, 6) is -5.85. The molecule has 0 aromatic heterocycles. The molecule has 1 saturated heterocycles. The lowest BCUT2D eigenvalue weighted by Crippen LogP contribution is -2.54. The Bertz CT molecular complexity index is 1740. The van der Waals surface area contributed by atoms with Gasteiger partial charge < -0.3 is 19.7 Å². The molecule has 0 unspecified atom stereocenters. The van der Waals surface area contributed by atoms with Gasteiger partial charge in [0.2, 0.25) is 17.6 Å². The van der Waals surface area contributed by atoms with Crippen LogP contribution in [0.1, 0.15) is 68.2 Å². The molecule has 0 radical (unpaired) electrons.